The lowest BCUT2D eigenvalue weighted by Gasteiger charge is -2.00. The molecule has 0 radical (unpaired) electrons. The van der Waals surface area contributed by atoms with Gasteiger partial charge in [-0.25, -0.2) is 8.42 Å². The largest absolute Gasteiger partial charge is 0.227 e. The molecule has 0 saturated heterocycles. The predicted molar refractivity (Wildman–Crippen MR) is 57.2 cm³/mol. The summed E-state index contributed by atoms with van der Waals surface area (Å²) in [5, 5.41) is 8.29. The van der Waals surface area contributed by atoms with E-state index in [1.54, 1.807) is 30.3 Å². The summed E-state index contributed by atoms with van der Waals surface area (Å²) in [4.78, 5) is 0. The standard InChI is InChI=1S/C9H8BrNO2S/c10-9-3-1-8(2-4-9)7-14(12,13)6-5-11/h1-4H,6-7H2. The summed E-state index contributed by atoms with van der Waals surface area (Å²) >= 11 is 3.25. The molecule has 0 fully saturated rings. The van der Waals surface area contributed by atoms with Crippen molar-refractivity contribution in [3.05, 3.63) is 34.3 Å². The number of nitrogens with zero attached hydrogens (tertiary/aromatic N) is 1. The Morgan fingerprint density at radius 1 is 1.29 bits per heavy atom. The average molecular weight is 274 g/mol. The van der Waals surface area contributed by atoms with Crippen LogP contribution >= 0.6 is 15.9 Å². The van der Waals surface area contributed by atoms with E-state index in [4.69, 9.17) is 5.26 Å². The molecular weight excluding hydrogens is 266 g/mol. The van der Waals surface area contributed by atoms with Gasteiger partial charge in [0.05, 0.1) is 11.8 Å². The highest BCUT2D eigenvalue weighted by atomic mass is 79.9. The molecule has 5 heteroatoms. The minimum Gasteiger partial charge on any atom is -0.227 e. The Kier molecular flexibility index (Phi) is 3.67. The Bertz CT molecular complexity index is 445. The van der Waals surface area contributed by atoms with Crippen molar-refractivity contribution in [2.24, 2.45) is 0 Å². The predicted octanol–water partition coefficient (Wildman–Crippen LogP) is 1.89. The first kappa shape index (κ1) is 11.2. The molecule has 0 aliphatic carbocycles. The number of rotatable bonds is 3. The Hall–Kier alpha value is -0.860. The molecule has 3 nitrogen and oxygen atoms in total. The van der Waals surface area contributed by atoms with Crippen LogP contribution in [-0.4, -0.2) is 14.2 Å². The van der Waals surface area contributed by atoms with Gasteiger partial charge in [0.1, 0.15) is 5.75 Å². The van der Waals surface area contributed by atoms with Crippen LogP contribution in [-0.2, 0) is 15.6 Å². The third kappa shape index (κ3) is 3.48. The maximum atomic E-state index is 11.3. The first-order valence-electron chi connectivity index (χ1n) is 3.85. The normalized spacial score (nSPS) is 10.9. The monoisotopic (exact) mass is 273 g/mol. The molecule has 0 bridgehead atoms. The summed E-state index contributed by atoms with van der Waals surface area (Å²) < 4.78 is 23.4. The molecule has 0 aromatic heterocycles. The van der Waals surface area contributed by atoms with Crippen molar-refractivity contribution in [1.82, 2.24) is 0 Å². The second kappa shape index (κ2) is 4.58. The van der Waals surface area contributed by atoms with Crippen molar-refractivity contribution in [2.45, 2.75) is 5.75 Å². The van der Waals surface area contributed by atoms with Crippen LogP contribution in [0.5, 0.6) is 0 Å². The van der Waals surface area contributed by atoms with Crippen molar-refractivity contribution >= 4 is 25.8 Å². The van der Waals surface area contributed by atoms with Gasteiger partial charge in [0.25, 0.3) is 0 Å². The quantitative estimate of drug-likeness (QED) is 0.845. The molecule has 74 valence electrons. The number of halogens is 1. The molecule has 0 heterocycles. The van der Waals surface area contributed by atoms with E-state index < -0.39 is 15.6 Å². The zero-order valence-corrected chi connectivity index (χ0v) is 9.68. The van der Waals surface area contributed by atoms with Crippen LogP contribution in [0.2, 0.25) is 0 Å². The number of nitriles is 1. The zero-order valence-electron chi connectivity index (χ0n) is 7.27. The van der Waals surface area contributed by atoms with Crippen molar-refractivity contribution in [3.8, 4) is 6.07 Å². The van der Waals surface area contributed by atoms with Crippen LogP contribution < -0.4 is 0 Å². The van der Waals surface area contributed by atoms with Gasteiger partial charge in [-0.15, -0.1) is 0 Å². The molecule has 0 amide bonds. The van der Waals surface area contributed by atoms with E-state index in [1.165, 1.54) is 0 Å². The van der Waals surface area contributed by atoms with E-state index in [0.717, 1.165) is 4.47 Å². The van der Waals surface area contributed by atoms with Gasteiger partial charge >= 0.3 is 0 Å². The van der Waals surface area contributed by atoms with Crippen molar-refractivity contribution in [1.29, 1.82) is 5.26 Å². The number of hydrogen-bond donors (Lipinski definition) is 0. The molecule has 0 aliphatic heterocycles. The van der Waals surface area contributed by atoms with Gasteiger partial charge in [0.2, 0.25) is 0 Å². The van der Waals surface area contributed by atoms with Gasteiger partial charge in [0, 0.05) is 4.47 Å². The molecule has 0 saturated carbocycles. The first-order valence-corrected chi connectivity index (χ1v) is 6.47. The topological polar surface area (TPSA) is 57.9 Å². The molecule has 0 atom stereocenters. The van der Waals surface area contributed by atoms with E-state index in [9.17, 15) is 8.42 Å². The van der Waals surface area contributed by atoms with Gasteiger partial charge in [0.15, 0.2) is 9.84 Å². The Morgan fingerprint density at radius 2 is 1.86 bits per heavy atom. The molecule has 0 aliphatic rings. The first-order chi connectivity index (χ1) is 6.53. The number of sulfone groups is 1. The molecule has 1 rings (SSSR count). The minimum atomic E-state index is -3.27. The third-order valence-corrected chi connectivity index (χ3v) is 3.46. The van der Waals surface area contributed by atoms with Gasteiger partial charge in [-0.2, -0.15) is 5.26 Å². The van der Waals surface area contributed by atoms with Crippen LogP contribution in [0.15, 0.2) is 28.7 Å². The highest BCUT2D eigenvalue weighted by Gasteiger charge is 2.10. The van der Waals surface area contributed by atoms with Crippen molar-refractivity contribution < 1.29 is 8.42 Å². The Labute approximate surface area is 91.4 Å². The summed E-state index contributed by atoms with van der Waals surface area (Å²) in [5.74, 6) is -0.503. The Balaban J connectivity index is 2.80. The van der Waals surface area contributed by atoms with Crippen LogP contribution in [0.1, 0.15) is 5.56 Å². The highest BCUT2D eigenvalue weighted by Crippen LogP contribution is 2.12. The van der Waals surface area contributed by atoms with Crippen molar-refractivity contribution in [2.75, 3.05) is 5.75 Å². The molecular formula is C9H8BrNO2S. The lowest BCUT2D eigenvalue weighted by atomic mass is 10.2. The lowest BCUT2D eigenvalue weighted by molar-refractivity contribution is 0.598. The SMILES string of the molecule is N#CCS(=O)(=O)Cc1ccc(Br)cc1. The molecule has 0 N–H and O–H groups in total. The van der Waals surface area contributed by atoms with Crippen LogP contribution in [0.25, 0.3) is 0 Å². The number of hydrogen-bond acceptors (Lipinski definition) is 3. The lowest BCUT2D eigenvalue weighted by Crippen LogP contribution is -2.07. The van der Waals surface area contributed by atoms with Crippen LogP contribution in [0.4, 0.5) is 0 Å². The zero-order chi connectivity index (χ0) is 10.6. The van der Waals surface area contributed by atoms with E-state index in [0.29, 0.717) is 5.56 Å². The molecule has 1 aromatic rings. The third-order valence-electron chi connectivity index (χ3n) is 1.58. The second-order valence-corrected chi connectivity index (χ2v) is 5.80. The summed E-state index contributed by atoms with van der Waals surface area (Å²) in [6.07, 6.45) is 0. The summed E-state index contributed by atoms with van der Waals surface area (Å²) in [7, 11) is -3.27. The maximum absolute atomic E-state index is 11.3. The summed E-state index contributed by atoms with van der Waals surface area (Å²) in [6.45, 7) is 0. The molecule has 14 heavy (non-hydrogen) atoms. The molecule has 0 unspecified atom stereocenters. The smallest absolute Gasteiger partial charge is 0.167 e. The van der Waals surface area contributed by atoms with Gasteiger partial charge in [-0.1, -0.05) is 28.1 Å². The van der Waals surface area contributed by atoms with E-state index in [1.807, 2.05) is 0 Å². The van der Waals surface area contributed by atoms with Gasteiger partial charge in [-0.05, 0) is 17.7 Å². The maximum Gasteiger partial charge on any atom is 0.167 e. The van der Waals surface area contributed by atoms with E-state index in [-0.39, 0.29) is 5.75 Å². The average Bonchev–Trinajstić information content (AvgIpc) is 2.08. The summed E-state index contributed by atoms with van der Waals surface area (Å²) in [6, 6.07) is 8.63. The fraction of sp³-hybridized carbons (Fsp3) is 0.222. The summed E-state index contributed by atoms with van der Waals surface area (Å²) in [5.41, 5.74) is 0.698. The Morgan fingerprint density at radius 3 is 2.36 bits per heavy atom. The van der Waals surface area contributed by atoms with Crippen molar-refractivity contribution in [3.63, 3.8) is 0 Å². The van der Waals surface area contributed by atoms with Crippen LogP contribution in [0.3, 0.4) is 0 Å². The molecule has 0 spiro atoms. The second-order valence-electron chi connectivity index (χ2n) is 2.82. The van der Waals surface area contributed by atoms with Gasteiger partial charge in [-0.3, -0.25) is 0 Å². The fourth-order valence-electron chi connectivity index (χ4n) is 0.984. The minimum absolute atomic E-state index is 0.0756. The van der Waals surface area contributed by atoms with E-state index in [2.05, 4.69) is 15.9 Å². The van der Waals surface area contributed by atoms with E-state index >= 15 is 0 Å². The molecule has 1 aromatic carbocycles. The highest BCUT2D eigenvalue weighted by molar-refractivity contribution is 9.10. The van der Waals surface area contributed by atoms with Crippen LogP contribution in [0, 0.1) is 11.3 Å². The number of benzene rings is 1. The fourth-order valence-corrected chi connectivity index (χ4v) is 2.25. The van der Waals surface area contributed by atoms with Gasteiger partial charge < -0.3 is 0 Å².